The predicted octanol–water partition coefficient (Wildman–Crippen LogP) is 6.87. The molecule has 1 aliphatic rings. The average molecular weight is 417 g/mol. The van der Waals surface area contributed by atoms with Crippen LogP contribution in [0, 0.1) is 5.92 Å². The van der Waals surface area contributed by atoms with Crippen molar-refractivity contribution < 1.29 is 13.9 Å². The van der Waals surface area contributed by atoms with Gasteiger partial charge in [-0.2, -0.15) is 0 Å². The lowest BCUT2D eigenvalue weighted by Gasteiger charge is -2.35. The molecule has 0 saturated carbocycles. The first-order valence-corrected chi connectivity index (χ1v) is 14.0. The van der Waals surface area contributed by atoms with Gasteiger partial charge in [0.15, 0.2) is 0 Å². The molecule has 0 heterocycles. The highest BCUT2D eigenvalue weighted by Gasteiger charge is 2.34. The molecule has 2 rings (SSSR count). The molecule has 0 spiro atoms. The van der Waals surface area contributed by atoms with E-state index in [-0.39, 0.29) is 0 Å². The Labute approximate surface area is 179 Å². The van der Waals surface area contributed by atoms with Crippen molar-refractivity contribution in [1.82, 2.24) is 0 Å². The van der Waals surface area contributed by atoms with Crippen molar-refractivity contribution in [3.63, 3.8) is 0 Å². The molecule has 0 aliphatic heterocycles. The summed E-state index contributed by atoms with van der Waals surface area (Å²) in [4.78, 5) is 0. The predicted molar refractivity (Wildman–Crippen MR) is 124 cm³/mol. The smallest absolute Gasteiger partial charge is 0.250 e. The van der Waals surface area contributed by atoms with Crippen LogP contribution in [0.3, 0.4) is 0 Å². The van der Waals surface area contributed by atoms with Crippen molar-refractivity contribution in [2.45, 2.75) is 71.7 Å². The van der Waals surface area contributed by atoms with Gasteiger partial charge < -0.3 is 13.9 Å². The van der Waals surface area contributed by atoms with Crippen LogP contribution in [0.4, 0.5) is 0 Å². The Kier molecular flexibility index (Phi) is 10.8. The van der Waals surface area contributed by atoms with Gasteiger partial charge in [-0.05, 0) is 49.0 Å². The molecule has 0 fully saturated rings. The summed E-state index contributed by atoms with van der Waals surface area (Å²) >= 11 is 0. The molecule has 1 atom stereocenters. The molecule has 0 unspecified atom stereocenters. The first-order valence-electron chi connectivity index (χ1n) is 11.4. The minimum Gasteiger partial charge on any atom is -0.546 e. The zero-order valence-corrected chi connectivity index (χ0v) is 19.9. The minimum atomic E-state index is -1.66. The van der Waals surface area contributed by atoms with Crippen LogP contribution >= 0.6 is 0 Å². The first kappa shape index (κ1) is 23.9. The van der Waals surface area contributed by atoms with Crippen LogP contribution in [0.1, 0.15) is 52.5 Å². The van der Waals surface area contributed by atoms with Gasteiger partial charge in [-0.15, -0.1) is 0 Å². The Hall–Kier alpha value is -1.36. The van der Waals surface area contributed by atoms with E-state index in [1.165, 1.54) is 47.9 Å². The van der Waals surface area contributed by atoms with Crippen LogP contribution in [0.25, 0.3) is 0 Å². The van der Waals surface area contributed by atoms with Crippen molar-refractivity contribution in [2.75, 3.05) is 19.8 Å². The molecule has 162 valence electrons. The molecular formula is C25H40O3Si. The van der Waals surface area contributed by atoms with Gasteiger partial charge in [0.05, 0.1) is 25.6 Å². The summed E-state index contributed by atoms with van der Waals surface area (Å²) < 4.78 is 18.5. The van der Waals surface area contributed by atoms with E-state index < -0.39 is 8.32 Å². The molecule has 0 bridgehead atoms. The third-order valence-corrected chi connectivity index (χ3v) is 10.7. The molecule has 3 nitrogen and oxygen atoms in total. The van der Waals surface area contributed by atoms with Crippen molar-refractivity contribution in [3.8, 4) is 0 Å². The van der Waals surface area contributed by atoms with Crippen LogP contribution in [-0.2, 0) is 20.5 Å². The maximum atomic E-state index is 6.83. The molecule has 1 aromatic rings. The highest BCUT2D eigenvalue weighted by atomic mass is 28.4. The normalized spacial score (nSPS) is 17.9. The topological polar surface area (TPSA) is 27.7 Å². The Balaban J connectivity index is 2.03. The maximum absolute atomic E-state index is 6.83. The van der Waals surface area contributed by atoms with Crippen LogP contribution < -0.4 is 0 Å². The van der Waals surface area contributed by atoms with Gasteiger partial charge in [0.2, 0.25) is 8.32 Å². The van der Waals surface area contributed by atoms with E-state index in [0.29, 0.717) is 25.7 Å². The fourth-order valence-electron chi connectivity index (χ4n) is 4.02. The molecule has 0 aromatic heterocycles. The second-order valence-electron chi connectivity index (χ2n) is 7.86. The fraction of sp³-hybridized carbons (Fsp3) is 0.600. The van der Waals surface area contributed by atoms with Gasteiger partial charge in [0.1, 0.15) is 0 Å². The average Bonchev–Trinajstić information content (AvgIpc) is 2.77. The third kappa shape index (κ3) is 7.43. The largest absolute Gasteiger partial charge is 0.546 e. The van der Waals surface area contributed by atoms with Crippen LogP contribution in [0.5, 0.6) is 0 Å². The number of hydrogen-bond acceptors (Lipinski definition) is 3. The number of hydrogen-bond donors (Lipinski definition) is 0. The van der Waals surface area contributed by atoms with Gasteiger partial charge in [-0.25, -0.2) is 0 Å². The summed E-state index contributed by atoms with van der Waals surface area (Å²) in [7, 11) is -1.66. The minimum absolute atomic E-state index is 0.405. The van der Waals surface area contributed by atoms with Crippen LogP contribution in [0.2, 0.25) is 18.1 Å². The molecule has 0 saturated heterocycles. The van der Waals surface area contributed by atoms with E-state index in [9.17, 15) is 0 Å². The Bertz CT molecular complexity index is 626. The second-order valence-corrected chi connectivity index (χ2v) is 12.6. The Morgan fingerprint density at radius 3 is 2.34 bits per heavy atom. The van der Waals surface area contributed by atoms with Gasteiger partial charge in [-0.3, -0.25) is 0 Å². The number of ether oxygens (including phenoxy) is 2. The van der Waals surface area contributed by atoms with E-state index in [1.807, 2.05) is 6.07 Å². The summed E-state index contributed by atoms with van der Waals surface area (Å²) in [5, 5.41) is 0. The van der Waals surface area contributed by atoms with Crippen molar-refractivity contribution in [3.05, 3.63) is 59.4 Å². The van der Waals surface area contributed by atoms with E-state index in [1.54, 1.807) is 0 Å². The number of benzene rings is 1. The van der Waals surface area contributed by atoms with Gasteiger partial charge in [0, 0.05) is 18.9 Å². The molecule has 1 aromatic carbocycles. The summed E-state index contributed by atoms with van der Waals surface area (Å²) in [5.41, 5.74) is 2.58. The van der Waals surface area contributed by atoms with Gasteiger partial charge in [0.25, 0.3) is 0 Å². The van der Waals surface area contributed by atoms with Crippen LogP contribution in [0.15, 0.2) is 53.8 Å². The molecule has 29 heavy (non-hydrogen) atoms. The van der Waals surface area contributed by atoms with Crippen molar-refractivity contribution in [2.24, 2.45) is 5.92 Å². The monoisotopic (exact) mass is 416 g/mol. The standard InChI is InChI=1S/C25H40O3Si/c1-5-26-21-24-23(17-13-19-27-20-22-14-10-9-11-15-22)16-12-18-25(24)28-29(6-2,7-3)8-4/h9-11,13-15,17,23H,5-8,12,16,18-21H2,1-4H3/b17-13+/t23-/m1/s1. The number of rotatable bonds is 13. The lowest BCUT2D eigenvalue weighted by atomic mass is 9.86. The molecule has 4 heteroatoms. The summed E-state index contributed by atoms with van der Waals surface area (Å²) in [6.45, 7) is 11.7. The van der Waals surface area contributed by atoms with Gasteiger partial charge in [-0.1, -0.05) is 63.3 Å². The Morgan fingerprint density at radius 2 is 1.69 bits per heavy atom. The van der Waals surface area contributed by atoms with E-state index in [0.717, 1.165) is 13.0 Å². The number of allylic oxidation sites excluding steroid dienone is 2. The van der Waals surface area contributed by atoms with Crippen molar-refractivity contribution in [1.29, 1.82) is 0 Å². The zero-order chi connectivity index (χ0) is 21.0. The van der Waals surface area contributed by atoms with E-state index >= 15 is 0 Å². The van der Waals surface area contributed by atoms with Gasteiger partial charge >= 0.3 is 0 Å². The lowest BCUT2D eigenvalue weighted by molar-refractivity contribution is 0.147. The second kappa shape index (κ2) is 13.0. The molecular weight excluding hydrogens is 376 g/mol. The third-order valence-electron chi connectivity index (χ3n) is 6.15. The summed E-state index contributed by atoms with van der Waals surface area (Å²) in [5.74, 6) is 1.64. The summed E-state index contributed by atoms with van der Waals surface area (Å²) in [6, 6.07) is 13.9. The van der Waals surface area contributed by atoms with Crippen molar-refractivity contribution >= 4 is 8.32 Å². The lowest BCUT2D eigenvalue weighted by Crippen LogP contribution is -2.36. The fourth-order valence-corrected chi connectivity index (χ4v) is 6.71. The summed E-state index contributed by atoms with van der Waals surface area (Å²) in [6.07, 6.45) is 7.91. The van der Waals surface area contributed by atoms with Crippen LogP contribution in [-0.4, -0.2) is 28.1 Å². The first-order chi connectivity index (χ1) is 14.2. The quantitative estimate of drug-likeness (QED) is 0.199. The maximum Gasteiger partial charge on any atom is 0.250 e. The zero-order valence-electron chi connectivity index (χ0n) is 18.9. The molecule has 0 N–H and O–H groups in total. The highest BCUT2D eigenvalue weighted by molar-refractivity contribution is 6.73. The SMILES string of the molecule is CCOCC1=C(O[Si](CC)(CC)CC)CCC[C@@H]1/C=C/COCc1ccccc1. The highest BCUT2D eigenvalue weighted by Crippen LogP contribution is 2.36. The van der Waals surface area contributed by atoms with E-state index in [2.05, 4.69) is 64.1 Å². The molecule has 0 radical (unpaired) electrons. The Morgan fingerprint density at radius 1 is 0.966 bits per heavy atom. The van der Waals surface area contributed by atoms with E-state index in [4.69, 9.17) is 13.9 Å². The molecule has 0 amide bonds. The molecule has 1 aliphatic carbocycles.